The smallest absolute Gasteiger partial charge is 0.382 e. The Bertz CT molecular complexity index is 1860. The lowest BCUT2D eigenvalue weighted by molar-refractivity contribution is -0.176. The second kappa shape index (κ2) is 18.6. The first-order valence-electron chi connectivity index (χ1n) is 16.1. The van der Waals surface area contributed by atoms with Gasteiger partial charge in [-0.15, -0.1) is 0 Å². The van der Waals surface area contributed by atoms with Crippen molar-refractivity contribution in [1.82, 2.24) is 4.98 Å². The summed E-state index contributed by atoms with van der Waals surface area (Å²) in [4.78, 5) is 76.3. The zero-order valence-electron chi connectivity index (χ0n) is 28.7. The van der Waals surface area contributed by atoms with Crippen molar-refractivity contribution in [2.24, 2.45) is 11.8 Å². The molecule has 2 saturated carbocycles. The highest BCUT2D eigenvalue weighted by Gasteiger charge is 2.40. The number of Topliss-reactive ketones (excluding diaryl/α,β-unsaturated/α-hetero) is 6. The van der Waals surface area contributed by atoms with E-state index >= 15 is 0 Å². The number of alkyl halides is 6. The maximum absolute atomic E-state index is 12.9. The zero-order valence-corrected chi connectivity index (χ0v) is 30.3. The maximum atomic E-state index is 12.9. The van der Waals surface area contributed by atoms with Crippen LogP contribution in [-0.2, 0) is 62.6 Å². The first kappa shape index (κ1) is 44.5. The van der Waals surface area contributed by atoms with Crippen LogP contribution >= 0.6 is 11.6 Å². The van der Waals surface area contributed by atoms with E-state index in [-0.39, 0.29) is 67.9 Å². The fraction of sp³-hybridized carbons (Fsp3) is 0.500. The molecule has 1 heterocycles. The molecule has 2 fully saturated rings. The van der Waals surface area contributed by atoms with Crippen molar-refractivity contribution in [1.29, 1.82) is 0 Å². The van der Waals surface area contributed by atoms with Gasteiger partial charge < -0.3 is 14.2 Å². The van der Waals surface area contributed by atoms with Gasteiger partial charge in [0.2, 0.25) is 0 Å². The number of sulfone groups is 1. The number of methoxy groups -OCH3 is 1. The second-order valence-electron chi connectivity index (χ2n) is 12.2. The molecule has 2 aliphatic carbocycles. The van der Waals surface area contributed by atoms with Crippen molar-refractivity contribution in [3.05, 3.63) is 57.4 Å². The predicted octanol–water partition coefficient (Wildman–Crippen LogP) is 5.33. The van der Waals surface area contributed by atoms with E-state index in [2.05, 4.69) is 9.72 Å². The number of nitrogens with zero attached hydrogens (tertiary/aromatic N) is 1. The van der Waals surface area contributed by atoms with Crippen LogP contribution in [0.3, 0.4) is 0 Å². The monoisotopic (exact) mass is 813 g/mol. The molecule has 1 aromatic heterocycles. The van der Waals surface area contributed by atoms with Crippen molar-refractivity contribution >= 4 is 56.1 Å². The third kappa shape index (κ3) is 11.8. The Morgan fingerprint density at radius 1 is 0.778 bits per heavy atom. The molecule has 0 amide bonds. The molecule has 54 heavy (non-hydrogen) atoms. The van der Waals surface area contributed by atoms with Gasteiger partial charge in [-0.05, 0) is 37.1 Å². The summed E-state index contributed by atoms with van der Waals surface area (Å²) < 4.78 is 114. The number of hydrogen-bond donors (Lipinski definition) is 0. The molecule has 2 aromatic rings. The van der Waals surface area contributed by atoms with Crippen LogP contribution in [0.2, 0.25) is 5.02 Å². The summed E-state index contributed by atoms with van der Waals surface area (Å²) in [6.07, 6.45) is -7.54. The van der Waals surface area contributed by atoms with E-state index in [0.717, 1.165) is 24.5 Å². The van der Waals surface area contributed by atoms with Crippen LogP contribution < -0.4 is 0 Å². The molecule has 0 bridgehead atoms. The lowest BCUT2D eigenvalue weighted by Gasteiger charge is -2.20. The van der Waals surface area contributed by atoms with E-state index in [9.17, 15) is 63.5 Å². The molecule has 0 spiro atoms. The number of pyridine rings is 1. The van der Waals surface area contributed by atoms with E-state index in [4.69, 9.17) is 21.1 Å². The average Bonchev–Trinajstić information content (AvgIpc) is 3.06. The van der Waals surface area contributed by atoms with Gasteiger partial charge in [-0.1, -0.05) is 11.6 Å². The van der Waals surface area contributed by atoms with E-state index in [0.29, 0.717) is 18.9 Å². The first-order chi connectivity index (χ1) is 25.1. The van der Waals surface area contributed by atoms with Gasteiger partial charge in [0.25, 0.3) is 0 Å². The third-order valence-electron chi connectivity index (χ3n) is 8.08. The highest BCUT2D eigenvalue weighted by Crippen LogP contribution is 2.33. The van der Waals surface area contributed by atoms with Crippen molar-refractivity contribution in [2.75, 3.05) is 33.2 Å². The average molecular weight is 814 g/mol. The summed E-state index contributed by atoms with van der Waals surface area (Å²) in [6, 6.07) is 3.65. The van der Waals surface area contributed by atoms with Gasteiger partial charge in [-0.2, -0.15) is 26.3 Å². The number of aromatic nitrogens is 1. The molecule has 0 unspecified atom stereocenters. The summed E-state index contributed by atoms with van der Waals surface area (Å²) in [5, 5.41) is -0.457. The Kier molecular flexibility index (Phi) is 15.3. The quantitative estimate of drug-likeness (QED) is 0.110. The minimum Gasteiger partial charge on any atom is -0.382 e. The highest BCUT2D eigenvalue weighted by atomic mass is 35.5. The van der Waals surface area contributed by atoms with Crippen LogP contribution in [-0.4, -0.2) is 87.5 Å². The van der Waals surface area contributed by atoms with Crippen molar-refractivity contribution in [3.63, 3.8) is 0 Å². The molecule has 0 radical (unpaired) electrons. The van der Waals surface area contributed by atoms with Crippen LogP contribution in [0.5, 0.6) is 0 Å². The number of rotatable bonds is 13. The lowest BCUT2D eigenvalue weighted by atomic mass is 9.81. The number of ether oxygens (including phenoxy) is 3. The third-order valence-corrected chi connectivity index (χ3v) is 9.70. The first-order valence-corrected chi connectivity index (χ1v) is 18.3. The number of carbonyl (C=O) groups excluding carboxylic acids is 6. The van der Waals surface area contributed by atoms with Crippen LogP contribution in [0, 0.1) is 11.8 Å². The van der Waals surface area contributed by atoms with E-state index in [1.54, 1.807) is 0 Å². The Morgan fingerprint density at radius 2 is 1.28 bits per heavy atom. The zero-order chi connectivity index (χ0) is 40.6. The number of ketones is 6. The van der Waals surface area contributed by atoms with Crippen LogP contribution in [0.25, 0.3) is 0 Å². The molecule has 0 atom stereocenters. The van der Waals surface area contributed by atoms with Crippen molar-refractivity contribution in [3.8, 4) is 0 Å². The van der Waals surface area contributed by atoms with Crippen LogP contribution in [0.1, 0.15) is 76.2 Å². The minimum atomic E-state index is -4.70. The molecular formula is C34H34ClF6NO11S. The summed E-state index contributed by atoms with van der Waals surface area (Å²) >= 11 is 6.11. The van der Waals surface area contributed by atoms with Gasteiger partial charge in [0.05, 0.1) is 42.0 Å². The normalized spacial score (nSPS) is 16.3. The van der Waals surface area contributed by atoms with Gasteiger partial charge in [-0.25, -0.2) is 13.4 Å². The Morgan fingerprint density at radius 3 is 1.74 bits per heavy atom. The molecule has 0 saturated heterocycles. The number of hydrogen-bond acceptors (Lipinski definition) is 12. The number of benzene rings is 1. The topological polar surface area (TPSA) is 177 Å². The van der Waals surface area contributed by atoms with E-state index in [1.807, 2.05) is 0 Å². The van der Waals surface area contributed by atoms with E-state index < -0.39 is 97.6 Å². The van der Waals surface area contributed by atoms with Crippen molar-refractivity contribution in [2.45, 2.75) is 69.0 Å². The SMILES string of the molecule is COCCOCc1nc(C(F)(F)F)ccc1C(=O)C1C(=O)CCCC1=O.CS(=O)(=O)c1ccc(C(=O)C2C(=O)CCCC2=O)c(Cl)c1COCC(F)(F)F. The van der Waals surface area contributed by atoms with Gasteiger partial charge in [0, 0.05) is 55.7 Å². The minimum absolute atomic E-state index is 0.0444. The summed E-state index contributed by atoms with van der Waals surface area (Å²) in [5.41, 5.74) is -2.29. The fourth-order valence-corrected chi connectivity index (χ4v) is 6.85. The summed E-state index contributed by atoms with van der Waals surface area (Å²) in [6.45, 7) is -2.55. The van der Waals surface area contributed by atoms with Gasteiger partial charge >= 0.3 is 12.4 Å². The molecule has 0 aliphatic heterocycles. The maximum Gasteiger partial charge on any atom is 0.433 e. The van der Waals surface area contributed by atoms with Gasteiger partial charge in [-0.3, -0.25) is 28.8 Å². The molecule has 0 N–H and O–H groups in total. The summed E-state index contributed by atoms with van der Waals surface area (Å²) in [7, 11) is -2.47. The molecule has 4 rings (SSSR count). The fourth-order valence-electron chi connectivity index (χ4n) is 5.56. The van der Waals surface area contributed by atoms with E-state index in [1.165, 1.54) is 7.11 Å². The standard InChI is InChI=1S/C17H16ClF3O6S.C17H18F3NO5/c1-28(25,26)13-6-5-9(15(18)10(13)7-27-8-17(19,20)21)16(24)14-11(22)3-2-4-12(14)23;1-25-7-8-26-9-11-10(5-6-14(21-11)17(18,19)20)16(24)15-12(22)3-2-4-13(15)23/h5-6,14H,2-4,7-8H2,1H3;5-6,15H,2-4,7-9H2,1H3. The van der Waals surface area contributed by atoms with Crippen LogP contribution in [0.15, 0.2) is 29.2 Å². The molecule has 1 aromatic carbocycles. The lowest BCUT2D eigenvalue weighted by Crippen LogP contribution is -2.36. The van der Waals surface area contributed by atoms with Crippen molar-refractivity contribution < 1.29 is 77.7 Å². The Balaban J connectivity index is 0.000000291. The van der Waals surface area contributed by atoms with Gasteiger partial charge in [0.15, 0.2) is 44.5 Å². The Hall–Kier alpha value is -3.91. The molecular weight excluding hydrogens is 780 g/mol. The Labute approximate surface area is 309 Å². The number of halogens is 7. The van der Waals surface area contributed by atoms with Gasteiger partial charge in [0.1, 0.15) is 24.1 Å². The largest absolute Gasteiger partial charge is 0.433 e. The molecule has 296 valence electrons. The number of carbonyl (C=O) groups is 6. The molecule has 12 nitrogen and oxygen atoms in total. The second-order valence-corrected chi connectivity index (χ2v) is 14.5. The van der Waals surface area contributed by atoms with Crippen LogP contribution in [0.4, 0.5) is 26.3 Å². The predicted molar refractivity (Wildman–Crippen MR) is 174 cm³/mol. The summed E-state index contributed by atoms with van der Waals surface area (Å²) in [5.74, 6) is -6.92. The molecule has 20 heteroatoms. The highest BCUT2D eigenvalue weighted by molar-refractivity contribution is 7.90. The molecule has 2 aliphatic rings.